The fourth-order valence-electron chi connectivity index (χ4n) is 1.73. The molecule has 2 heterocycles. The molecule has 90 valence electrons. The first-order valence-corrected chi connectivity index (χ1v) is 5.66. The van der Waals surface area contributed by atoms with Crippen molar-refractivity contribution in [1.29, 1.82) is 0 Å². The summed E-state index contributed by atoms with van der Waals surface area (Å²) in [5, 5.41) is 10.9. The Morgan fingerprint density at radius 2 is 2.24 bits per heavy atom. The number of nitrogens with one attached hydrogen (secondary N) is 1. The normalized spacial score (nSPS) is 10.8. The Morgan fingerprint density at radius 3 is 2.88 bits per heavy atom. The highest BCUT2D eigenvalue weighted by molar-refractivity contribution is 7.71. The standard InChI is InChI=1S/C10H13N5OS/c1-4-15-8(11-12-10(15)17)7-5-6(2)13-14(3)9(7)16/h5H,4H2,1-3H3,(H,12,17). The summed E-state index contributed by atoms with van der Waals surface area (Å²) in [6.45, 7) is 4.45. The third-order valence-electron chi connectivity index (χ3n) is 2.50. The molecule has 0 unspecified atom stereocenters. The molecular weight excluding hydrogens is 238 g/mol. The Bertz CT molecular complexity index is 666. The third kappa shape index (κ3) is 1.93. The Morgan fingerprint density at radius 1 is 1.53 bits per heavy atom. The Labute approximate surface area is 103 Å². The van der Waals surface area contributed by atoms with E-state index in [1.165, 1.54) is 4.68 Å². The molecule has 6 nitrogen and oxygen atoms in total. The lowest BCUT2D eigenvalue weighted by atomic mass is 10.2. The number of aromatic amines is 1. The van der Waals surface area contributed by atoms with E-state index in [1.54, 1.807) is 17.7 Å². The van der Waals surface area contributed by atoms with E-state index in [9.17, 15) is 4.79 Å². The van der Waals surface area contributed by atoms with Gasteiger partial charge >= 0.3 is 0 Å². The minimum absolute atomic E-state index is 0.181. The molecule has 0 aliphatic rings. The molecular formula is C10H13N5OS. The van der Waals surface area contributed by atoms with Crippen molar-refractivity contribution in [1.82, 2.24) is 24.5 Å². The van der Waals surface area contributed by atoms with Crippen molar-refractivity contribution in [2.75, 3.05) is 0 Å². The van der Waals surface area contributed by atoms with Crippen molar-refractivity contribution in [2.45, 2.75) is 20.4 Å². The van der Waals surface area contributed by atoms with Gasteiger partial charge in [-0.05, 0) is 32.1 Å². The summed E-state index contributed by atoms with van der Waals surface area (Å²) >= 11 is 5.10. The summed E-state index contributed by atoms with van der Waals surface area (Å²) in [6.07, 6.45) is 0. The Hall–Kier alpha value is -1.76. The van der Waals surface area contributed by atoms with Gasteiger partial charge in [0.05, 0.1) is 11.3 Å². The zero-order valence-corrected chi connectivity index (χ0v) is 10.7. The van der Waals surface area contributed by atoms with Crippen LogP contribution >= 0.6 is 12.2 Å². The fraction of sp³-hybridized carbons (Fsp3) is 0.400. The lowest BCUT2D eigenvalue weighted by molar-refractivity contribution is 0.689. The number of hydrogen-bond acceptors (Lipinski definition) is 4. The zero-order chi connectivity index (χ0) is 12.6. The van der Waals surface area contributed by atoms with Crippen LogP contribution in [0.2, 0.25) is 0 Å². The smallest absolute Gasteiger partial charge is 0.277 e. The second kappa shape index (κ2) is 4.25. The summed E-state index contributed by atoms with van der Waals surface area (Å²) in [4.78, 5) is 12.0. The molecule has 2 aromatic rings. The molecule has 0 atom stereocenters. The highest BCUT2D eigenvalue weighted by Crippen LogP contribution is 2.13. The van der Waals surface area contributed by atoms with Crippen LogP contribution in [0.3, 0.4) is 0 Å². The Kier molecular flexibility index (Phi) is 2.93. The predicted molar refractivity (Wildman–Crippen MR) is 66.3 cm³/mol. The number of aromatic nitrogens is 5. The van der Waals surface area contributed by atoms with Crippen LogP contribution in [0.5, 0.6) is 0 Å². The largest absolute Gasteiger partial charge is 0.300 e. The maximum absolute atomic E-state index is 12.0. The molecule has 17 heavy (non-hydrogen) atoms. The predicted octanol–water partition coefficient (Wildman–Crippen LogP) is 1.03. The highest BCUT2D eigenvalue weighted by Gasteiger charge is 2.13. The zero-order valence-electron chi connectivity index (χ0n) is 9.89. The first kappa shape index (κ1) is 11.7. The van der Waals surface area contributed by atoms with Gasteiger partial charge in [0.15, 0.2) is 10.6 Å². The van der Waals surface area contributed by atoms with Gasteiger partial charge in [-0.2, -0.15) is 10.2 Å². The van der Waals surface area contributed by atoms with Crippen molar-refractivity contribution in [3.05, 3.63) is 26.9 Å². The number of rotatable bonds is 2. The molecule has 0 aliphatic heterocycles. The van der Waals surface area contributed by atoms with E-state index in [0.717, 1.165) is 5.69 Å². The van der Waals surface area contributed by atoms with Crippen molar-refractivity contribution >= 4 is 12.2 Å². The van der Waals surface area contributed by atoms with Crippen molar-refractivity contribution in [3.63, 3.8) is 0 Å². The average molecular weight is 251 g/mol. The first-order valence-electron chi connectivity index (χ1n) is 5.25. The number of nitrogens with zero attached hydrogens (tertiary/aromatic N) is 4. The maximum atomic E-state index is 12.0. The van der Waals surface area contributed by atoms with E-state index in [1.807, 2.05) is 13.8 Å². The van der Waals surface area contributed by atoms with E-state index < -0.39 is 0 Å². The third-order valence-corrected chi connectivity index (χ3v) is 2.81. The van der Waals surface area contributed by atoms with Crippen LogP contribution in [-0.4, -0.2) is 24.5 Å². The Balaban J connectivity index is 2.77. The van der Waals surface area contributed by atoms with Gasteiger partial charge in [-0.3, -0.25) is 9.89 Å². The van der Waals surface area contributed by atoms with Crippen molar-refractivity contribution < 1.29 is 0 Å². The van der Waals surface area contributed by atoms with Gasteiger partial charge in [0.2, 0.25) is 0 Å². The van der Waals surface area contributed by atoms with Crippen LogP contribution in [0.4, 0.5) is 0 Å². The summed E-state index contributed by atoms with van der Waals surface area (Å²) < 4.78 is 3.60. The molecule has 0 aliphatic carbocycles. The molecule has 0 fully saturated rings. The van der Waals surface area contributed by atoms with E-state index in [2.05, 4.69) is 15.3 Å². The van der Waals surface area contributed by atoms with Crippen LogP contribution in [0, 0.1) is 11.7 Å². The molecule has 0 saturated heterocycles. The van der Waals surface area contributed by atoms with Gasteiger partial charge in [-0.25, -0.2) is 4.68 Å². The van der Waals surface area contributed by atoms with Gasteiger partial charge in [0, 0.05) is 13.6 Å². The summed E-state index contributed by atoms with van der Waals surface area (Å²) in [6, 6.07) is 1.72. The molecule has 7 heteroatoms. The van der Waals surface area contributed by atoms with Crippen LogP contribution in [0.25, 0.3) is 11.4 Å². The van der Waals surface area contributed by atoms with Crippen molar-refractivity contribution in [3.8, 4) is 11.4 Å². The molecule has 0 radical (unpaired) electrons. The monoisotopic (exact) mass is 251 g/mol. The molecule has 0 aromatic carbocycles. The molecule has 2 aromatic heterocycles. The minimum atomic E-state index is -0.181. The van der Waals surface area contributed by atoms with Gasteiger partial charge < -0.3 is 4.57 Å². The number of hydrogen-bond donors (Lipinski definition) is 1. The van der Waals surface area contributed by atoms with Crippen LogP contribution in [0.15, 0.2) is 10.9 Å². The molecule has 0 bridgehead atoms. The molecule has 1 N–H and O–H groups in total. The lowest BCUT2D eigenvalue weighted by Crippen LogP contribution is -2.23. The van der Waals surface area contributed by atoms with E-state index in [4.69, 9.17) is 12.2 Å². The van der Waals surface area contributed by atoms with Gasteiger partial charge in [-0.15, -0.1) is 0 Å². The van der Waals surface area contributed by atoms with E-state index in [0.29, 0.717) is 22.7 Å². The second-order valence-electron chi connectivity index (χ2n) is 3.72. The molecule has 0 amide bonds. The fourth-order valence-corrected chi connectivity index (χ4v) is 1.99. The maximum Gasteiger partial charge on any atom is 0.277 e. The van der Waals surface area contributed by atoms with E-state index in [-0.39, 0.29) is 5.56 Å². The molecule has 2 rings (SSSR count). The van der Waals surface area contributed by atoms with Crippen LogP contribution in [0.1, 0.15) is 12.6 Å². The summed E-state index contributed by atoms with van der Waals surface area (Å²) in [7, 11) is 1.62. The number of H-pyrrole nitrogens is 1. The lowest BCUT2D eigenvalue weighted by Gasteiger charge is -2.05. The average Bonchev–Trinajstić information content (AvgIpc) is 2.64. The van der Waals surface area contributed by atoms with Crippen molar-refractivity contribution in [2.24, 2.45) is 7.05 Å². The highest BCUT2D eigenvalue weighted by atomic mass is 32.1. The quantitative estimate of drug-likeness (QED) is 0.809. The second-order valence-corrected chi connectivity index (χ2v) is 4.11. The minimum Gasteiger partial charge on any atom is -0.300 e. The summed E-state index contributed by atoms with van der Waals surface area (Å²) in [5.41, 5.74) is 1.09. The summed E-state index contributed by atoms with van der Waals surface area (Å²) in [5.74, 6) is 0.559. The van der Waals surface area contributed by atoms with Crippen LogP contribution in [-0.2, 0) is 13.6 Å². The van der Waals surface area contributed by atoms with Gasteiger partial charge in [0.1, 0.15) is 0 Å². The van der Waals surface area contributed by atoms with Crippen LogP contribution < -0.4 is 5.56 Å². The van der Waals surface area contributed by atoms with E-state index >= 15 is 0 Å². The number of aryl methyl sites for hydroxylation is 2. The molecule has 0 spiro atoms. The first-order chi connectivity index (χ1) is 8.04. The molecule has 0 saturated carbocycles. The van der Waals surface area contributed by atoms with Gasteiger partial charge in [0.25, 0.3) is 5.56 Å². The topological polar surface area (TPSA) is 68.5 Å². The van der Waals surface area contributed by atoms with Gasteiger partial charge in [-0.1, -0.05) is 0 Å². The SMILES string of the molecule is CCn1c(-c2cc(C)nn(C)c2=O)n[nH]c1=S.